The Morgan fingerprint density at radius 1 is 1.33 bits per heavy atom. The van der Waals surface area contributed by atoms with E-state index in [0.717, 1.165) is 29.6 Å². The number of benzene rings is 1. The highest BCUT2D eigenvalue weighted by atomic mass is 16.5. The number of rotatable bonds is 3. The average molecular weight is 203 g/mol. The molecule has 0 spiro atoms. The van der Waals surface area contributed by atoms with Gasteiger partial charge in [0, 0.05) is 23.0 Å². The van der Waals surface area contributed by atoms with Crippen LogP contribution >= 0.6 is 0 Å². The molecule has 0 radical (unpaired) electrons. The molecule has 0 unspecified atom stereocenters. The van der Waals surface area contributed by atoms with E-state index in [2.05, 4.69) is 18.1 Å². The van der Waals surface area contributed by atoms with E-state index in [1.165, 1.54) is 0 Å². The van der Waals surface area contributed by atoms with Gasteiger partial charge in [0.2, 0.25) is 0 Å². The Morgan fingerprint density at radius 2 is 2.20 bits per heavy atom. The number of nitrogens with zero attached hydrogens (tertiary/aromatic N) is 2. The Balaban J connectivity index is 2.45. The van der Waals surface area contributed by atoms with E-state index in [-0.39, 0.29) is 0 Å². The van der Waals surface area contributed by atoms with E-state index < -0.39 is 0 Å². The van der Waals surface area contributed by atoms with Gasteiger partial charge in [-0.05, 0) is 18.2 Å². The largest absolute Gasteiger partial charge is 0.497 e. The fourth-order valence-corrected chi connectivity index (χ4v) is 1.58. The third-order valence-electron chi connectivity index (χ3n) is 2.35. The topological polar surface area (TPSA) is 26.0 Å². The molecule has 0 fully saturated rings. The van der Waals surface area contributed by atoms with Gasteiger partial charge in [0.1, 0.15) is 11.3 Å². The minimum atomic E-state index is 0.873. The van der Waals surface area contributed by atoms with Crippen molar-refractivity contribution in [3.63, 3.8) is 0 Å². The molecular weight excluding hydrogens is 188 g/mol. The van der Waals surface area contributed by atoms with Crippen LogP contribution in [0, 0.1) is 0 Å². The van der Waals surface area contributed by atoms with Crippen LogP contribution in [0.1, 0.15) is 13.3 Å². The molecule has 0 aliphatic rings. The second kappa shape index (κ2) is 4.26. The summed E-state index contributed by atoms with van der Waals surface area (Å²) in [5.41, 5.74) is 1.01. The number of fused-ring (bicyclic) bond motifs is 1. The summed E-state index contributed by atoms with van der Waals surface area (Å²) in [6, 6.07) is 7.99. The van der Waals surface area contributed by atoms with Crippen LogP contribution in [0.25, 0.3) is 10.9 Å². The third kappa shape index (κ3) is 2.06. The van der Waals surface area contributed by atoms with Gasteiger partial charge in [-0.1, -0.05) is 11.6 Å². The predicted octanol–water partition coefficient (Wildman–Crippen LogP) is 1.94. The van der Waals surface area contributed by atoms with Crippen LogP contribution in [0.2, 0.25) is 0 Å². The lowest BCUT2D eigenvalue weighted by Crippen LogP contribution is -2.37. The molecule has 3 nitrogen and oxygen atoms in total. The quantitative estimate of drug-likeness (QED) is 0.712. The molecule has 78 valence electrons. The molecule has 0 N–H and O–H groups in total. The molecule has 0 aliphatic carbocycles. The Hall–Kier alpha value is -1.64. The number of ether oxygens (including phenoxy) is 1. The van der Waals surface area contributed by atoms with E-state index in [9.17, 15) is 0 Å². The van der Waals surface area contributed by atoms with Crippen LogP contribution < -0.4 is 9.42 Å². The molecule has 0 atom stereocenters. The van der Waals surface area contributed by atoms with Crippen molar-refractivity contribution in [1.82, 2.24) is 5.10 Å². The first-order chi connectivity index (χ1) is 7.33. The first-order valence-corrected chi connectivity index (χ1v) is 5.18. The maximum atomic E-state index is 5.17. The highest BCUT2D eigenvalue weighted by molar-refractivity contribution is 5.78. The van der Waals surface area contributed by atoms with Crippen LogP contribution in [0.5, 0.6) is 5.75 Å². The number of hydrogen-bond donors (Lipinski definition) is 0. The van der Waals surface area contributed by atoms with Gasteiger partial charge in [-0.2, -0.15) is 0 Å². The van der Waals surface area contributed by atoms with E-state index >= 15 is 0 Å². The molecule has 1 aromatic carbocycles. The second-order valence-electron chi connectivity index (χ2n) is 3.50. The van der Waals surface area contributed by atoms with Gasteiger partial charge in [0.15, 0.2) is 12.7 Å². The summed E-state index contributed by atoms with van der Waals surface area (Å²) in [6.45, 7) is 3.11. The SMILES string of the molecule is CCC[n+]1ccc2cc(OC)ccc2n1. The fraction of sp³-hybridized carbons (Fsp3) is 0.333. The Labute approximate surface area is 89.3 Å². The lowest BCUT2D eigenvalue weighted by Gasteiger charge is -2.00. The molecule has 1 heterocycles. The summed E-state index contributed by atoms with van der Waals surface area (Å²) < 4.78 is 7.13. The monoisotopic (exact) mass is 203 g/mol. The van der Waals surface area contributed by atoms with Crippen LogP contribution in [0.3, 0.4) is 0 Å². The van der Waals surface area contributed by atoms with Crippen LogP contribution in [0.4, 0.5) is 0 Å². The van der Waals surface area contributed by atoms with E-state index in [1.54, 1.807) is 7.11 Å². The van der Waals surface area contributed by atoms with Crippen molar-refractivity contribution in [2.24, 2.45) is 0 Å². The Kier molecular flexibility index (Phi) is 2.81. The average Bonchev–Trinajstić information content (AvgIpc) is 2.29. The summed E-state index contributed by atoms with van der Waals surface area (Å²) in [6.07, 6.45) is 3.10. The van der Waals surface area contributed by atoms with Gasteiger partial charge in [-0.3, -0.25) is 0 Å². The number of aryl methyl sites for hydroxylation is 1. The molecule has 0 saturated heterocycles. The third-order valence-corrected chi connectivity index (χ3v) is 2.35. The molecule has 15 heavy (non-hydrogen) atoms. The molecule has 0 bridgehead atoms. The summed E-state index contributed by atoms with van der Waals surface area (Å²) in [4.78, 5) is 0. The van der Waals surface area contributed by atoms with E-state index in [1.807, 2.05) is 29.1 Å². The Morgan fingerprint density at radius 3 is 2.93 bits per heavy atom. The minimum Gasteiger partial charge on any atom is -0.497 e. The molecule has 0 aliphatic heterocycles. The summed E-state index contributed by atoms with van der Waals surface area (Å²) >= 11 is 0. The number of aromatic nitrogens is 2. The van der Waals surface area contributed by atoms with Crippen molar-refractivity contribution in [3.05, 3.63) is 30.5 Å². The fourth-order valence-electron chi connectivity index (χ4n) is 1.58. The molecule has 2 aromatic rings. The van der Waals surface area contributed by atoms with Gasteiger partial charge in [0.05, 0.1) is 7.11 Å². The van der Waals surface area contributed by atoms with Crippen LogP contribution in [-0.2, 0) is 6.54 Å². The normalized spacial score (nSPS) is 10.5. The van der Waals surface area contributed by atoms with Crippen LogP contribution in [0.15, 0.2) is 30.5 Å². The summed E-state index contributed by atoms with van der Waals surface area (Å²) in [7, 11) is 1.68. The summed E-state index contributed by atoms with van der Waals surface area (Å²) in [5.74, 6) is 0.873. The van der Waals surface area contributed by atoms with Gasteiger partial charge >= 0.3 is 0 Å². The zero-order valence-electron chi connectivity index (χ0n) is 9.10. The lowest BCUT2D eigenvalue weighted by molar-refractivity contribution is -0.751. The maximum Gasteiger partial charge on any atom is 0.196 e. The van der Waals surface area contributed by atoms with Crippen molar-refractivity contribution in [2.45, 2.75) is 19.9 Å². The maximum absolute atomic E-state index is 5.17. The number of hydrogen-bond acceptors (Lipinski definition) is 2. The van der Waals surface area contributed by atoms with Gasteiger partial charge in [0.25, 0.3) is 0 Å². The molecule has 3 heteroatoms. The summed E-state index contributed by atoms with van der Waals surface area (Å²) in [5, 5.41) is 5.61. The first-order valence-electron chi connectivity index (χ1n) is 5.18. The van der Waals surface area contributed by atoms with Gasteiger partial charge < -0.3 is 4.74 Å². The Bertz CT molecular complexity index is 468. The smallest absolute Gasteiger partial charge is 0.196 e. The van der Waals surface area contributed by atoms with Crippen molar-refractivity contribution in [3.8, 4) is 5.75 Å². The van der Waals surface area contributed by atoms with E-state index in [0.29, 0.717) is 0 Å². The molecule has 2 rings (SSSR count). The zero-order chi connectivity index (χ0) is 10.7. The van der Waals surface area contributed by atoms with Gasteiger partial charge in [-0.25, -0.2) is 0 Å². The molecule has 0 saturated carbocycles. The van der Waals surface area contributed by atoms with Crippen molar-refractivity contribution in [1.29, 1.82) is 0 Å². The van der Waals surface area contributed by atoms with Gasteiger partial charge in [-0.15, -0.1) is 0 Å². The molecule has 0 amide bonds. The van der Waals surface area contributed by atoms with Crippen molar-refractivity contribution < 1.29 is 9.42 Å². The highest BCUT2D eigenvalue weighted by Gasteiger charge is 2.04. The first kappa shape index (κ1) is 9.90. The van der Waals surface area contributed by atoms with Crippen LogP contribution in [-0.4, -0.2) is 12.2 Å². The molecule has 1 aromatic heterocycles. The lowest BCUT2D eigenvalue weighted by atomic mass is 10.2. The van der Waals surface area contributed by atoms with E-state index in [4.69, 9.17) is 4.74 Å². The number of methoxy groups -OCH3 is 1. The zero-order valence-corrected chi connectivity index (χ0v) is 9.10. The highest BCUT2D eigenvalue weighted by Crippen LogP contribution is 2.17. The second-order valence-corrected chi connectivity index (χ2v) is 3.50. The van der Waals surface area contributed by atoms with Crippen molar-refractivity contribution in [2.75, 3.05) is 7.11 Å². The standard InChI is InChI=1S/C12H15N2O/c1-3-7-14-8-6-10-9-11(15-2)4-5-12(10)13-14/h4-6,8-9H,3,7H2,1-2H3/q+1. The predicted molar refractivity (Wildman–Crippen MR) is 58.8 cm³/mol. The molecular formula is C12H15N2O+. The minimum absolute atomic E-state index is 0.873. The van der Waals surface area contributed by atoms with Crippen molar-refractivity contribution >= 4 is 10.9 Å².